The molecule has 0 aromatic rings. The van der Waals surface area contributed by atoms with E-state index in [2.05, 4.69) is 41.5 Å². The fraction of sp³-hybridized carbons (Fsp3) is 1.00. The van der Waals surface area contributed by atoms with Crippen LogP contribution in [0.4, 0.5) is 0 Å². The van der Waals surface area contributed by atoms with Crippen LogP contribution in [-0.2, 0) is 4.74 Å². The van der Waals surface area contributed by atoms with Gasteiger partial charge in [-0.25, -0.2) is 0 Å². The topological polar surface area (TPSA) is 29.5 Å². The number of rotatable bonds is 3. The highest BCUT2D eigenvalue weighted by atomic mass is 16.5. The summed E-state index contributed by atoms with van der Waals surface area (Å²) < 4.78 is 5.79. The van der Waals surface area contributed by atoms with Crippen molar-refractivity contribution >= 4 is 0 Å². The van der Waals surface area contributed by atoms with Gasteiger partial charge >= 0.3 is 0 Å². The molecule has 1 aliphatic rings. The van der Waals surface area contributed by atoms with Crippen LogP contribution in [0.3, 0.4) is 0 Å². The molecule has 0 saturated heterocycles. The van der Waals surface area contributed by atoms with Gasteiger partial charge in [0.1, 0.15) is 0 Å². The van der Waals surface area contributed by atoms with Crippen LogP contribution < -0.4 is 0 Å². The molecule has 1 rings (SSSR count). The second-order valence-corrected chi connectivity index (χ2v) is 7.95. The average molecular weight is 256 g/mol. The molecule has 0 radical (unpaired) electrons. The van der Waals surface area contributed by atoms with E-state index in [4.69, 9.17) is 4.74 Å². The molecule has 3 unspecified atom stereocenters. The lowest BCUT2D eigenvalue weighted by Crippen LogP contribution is -2.35. The van der Waals surface area contributed by atoms with Gasteiger partial charge in [0.2, 0.25) is 0 Å². The van der Waals surface area contributed by atoms with Crippen LogP contribution in [0.2, 0.25) is 0 Å². The lowest BCUT2D eigenvalue weighted by molar-refractivity contribution is -0.0362. The van der Waals surface area contributed by atoms with E-state index >= 15 is 0 Å². The van der Waals surface area contributed by atoms with Gasteiger partial charge in [-0.05, 0) is 63.7 Å². The predicted molar refractivity (Wildman–Crippen MR) is 76.6 cm³/mol. The molecule has 1 fully saturated rings. The molecular formula is C16H32O2. The Morgan fingerprint density at radius 3 is 2.17 bits per heavy atom. The monoisotopic (exact) mass is 256 g/mol. The van der Waals surface area contributed by atoms with Crippen LogP contribution in [0.15, 0.2) is 0 Å². The first kappa shape index (κ1) is 16.0. The summed E-state index contributed by atoms with van der Waals surface area (Å²) in [6.07, 6.45) is 4.15. The third-order valence-corrected chi connectivity index (χ3v) is 4.19. The Bertz CT molecular complexity index is 247. The fourth-order valence-electron chi connectivity index (χ4n) is 2.86. The summed E-state index contributed by atoms with van der Waals surface area (Å²) in [6.45, 7) is 14.0. The predicted octanol–water partition coefficient (Wildman–Crippen LogP) is 4.01. The van der Waals surface area contributed by atoms with E-state index in [-0.39, 0.29) is 11.7 Å². The Kier molecular flexibility index (Phi) is 5.25. The standard InChI is InChI=1S/C16H32O2/c1-15(2,3)13-7-8-14(17)12(11-13)9-10-18-16(4,5)6/h12-14,17H,7-11H2,1-6H3. The Morgan fingerprint density at radius 2 is 1.67 bits per heavy atom. The van der Waals surface area contributed by atoms with Gasteiger partial charge in [0.05, 0.1) is 11.7 Å². The second-order valence-electron chi connectivity index (χ2n) is 7.95. The molecule has 0 aromatic carbocycles. The molecule has 0 spiro atoms. The quantitative estimate of drug-likeness (QED) is 0.826. The summed E-state index contributed by atoms with van der Waals surface area (Å²) in [6, 6.07) is 0. The number of aliphatic hydroxyl groups excluding tert-OH is 1. The minimum Gasteiger partial charge on any atom is -0.393 e. The fourth-order valence-corrected chi connectivity index (χ4v) is 2.86. The Balaban J connectivity index is 2.43. The molecule has 1 saturated carbocycles. The summed E-state index contributed by atoms with van der Waals surface area (Å²) in [7, 11) is 0. The summed E-state index contributed by atoms with van der Waals surface area (Å²) in [4.78, 5) is 0. The maximum absolute atomic E-state index is 10.1. The number of hydrogen-bond donors (Lipinski definition) is 1. The van der Waals surface area contributed by atoms with E-state index < -0.39 is 0 Å². The van der Waals surface area contributed by atoms with Crippen molar-refractivity contribution in [3.63, 3.8) is 0 Å². The lowest BCUT2D eigenvalue weighted by Gasteiger charge is -2.40. The first-order chi connectivity index (χ1) is 8.09. The molecule has 0 aliphatic heterocycles. The zero-order valence-corrected chi connectivity index (χ0v) is 13.1. The molecule has 18 heavy (non-hydrogen) atoms. The Morgan fingerprint density at radius 1 is 1.06 bits per heavy atom. The average Bonchev–Trinajstić information content (AvgIpc) is 2.17. The third kappa shape index (κ3) is 5.27. The van der Waals surface area contributed by atoms with Crippen LogP contribution in [-0.4, -0.2) is 23.4 Å². The Labute approximate surface area is 113 Å². The van der Waals surface area contributed by atoms with Crippen LogP contribution >= 0.6 is 0 Å². The molecule has 2 heteroatoms. The van der Waals surface area contributed by atoms with Crippen molar-refractivity contribution in [3.05, 3.63) is 0 Å². The zero-order valence-electron chi connectivity index (χ0n) is 13.1. The minimum atomic E-state index is -0.118. The van der Waals surface area contributed by atoms with Gasteiger partial charge in [0, 0.05) is 6.61 Å². The SMILES string of the molecule is CC(C)(C)OCCC1CC(C(C)(C)C)CCC1O. The summed E-state index contributed by atoms with van der Waals surface area (Å²) in [5.41, 5.74) is 0.298. The largest absolute Gasteiger partial charge is 0.393 e. The molecule has 108 valence electrons. The van der Waals surface area contributed by atoms with Crippen LogP contribution in [0, 0.1) is 17.3 Å². The highest BCUT2D eigenvalue weighted by Crippen LogP contribution is 2.41. The van der Waals surface area contributed by atoms with Crippen molar-refractivity contribution in [2.75, 3.05) is 6.61 Å². The van der Waals surface area contributed by atoms with Crippen molar-refractivity contribution in [1.29, 1.82) is 0 Å². The van der Waals surface area contributed by atoms with Gasteiger partial charge in [-0.1, -0.05) is 20.8 Å². The van der Waals surface area contributed by atoms with Gasteiger partial charge in [-0.15, -0.1) is 0 Å². The summed E-state index contributed by atoms with van der Waals surface area (Å²) >= 11 is 0. The van der Waals surface area contributed by atoms with Gasteiger partial charge in [0.25, 0.3) is 0 Å². The van der Waals surface area contributed by atoms with E-state index in [0.29, 0.717) is 11.3 Å². The van der Waals surface area contributed by atoms with Crippen LogP contribution in [0.25, 0.3) is 0 Å². The summed E-state index contributed by atoms with van der Waals surface area (Å²) in [5, 5.41) is 10.1. The van der Waals surface area contributed by atoms with Crippen molar-refractivity contribution in [2.45, 2.75) is 78.9 Å². The van der Waals surface area contributed by atoms with Crippen LogP contribution in [0.5, 0.6) is 0 Å². The number of aliphatic hydroxyl groups is 1. The third-order valence-electron chi connectivity index (χ3n) is 4.19. The molecular weight excluding hydrogens is 224 g/mol. The van der Waals surface area contributed by atoms with E-state index in [1.165, 1.54) is 6.42 Å². The molecule has 3 atom stereocenters. The molecule has 0 amide bonds. The van der Waals surface area contributed by atoms with Crippen molar-refractivity contribution in [2.24, 2.45) is 17.3 Å². The van der Waals surface area contributed by atoms with E-state index in [1.807, 2.05) is 0 Å². The van der Waals surface area contributed by atoms with Gasteiger partial charge < -0.3 is 9.84 Å². The molecule has 1 N–H and O–H groups in total. The summed E-state index contributed by atoms with van der Waals surface area (Å²) in [5.74, 6) is 1.16. The molecule has 2 nitrogen and oxygen atoms in total. The lowest BCUT2D eigenvalue weighted by atomic mass is 9.67. The molecule has 0 bridgehead atoms. The maximum Gasteiger partial charge on any atom is 0.0598 e. The van der Waals surface area contributed by atoms with Crippen molar-refractivity contribution in [1.82, 2.24) is 0 Å². The molecule has 1 aliphatic carbocycles. The molecule has 0 aromatic heterocycles. The van der Waals surface area contributed by atoms with E-state index in [1.54, 1.807) is 0 Å². The highest BCUT2D eigenvalue weighted by Gasteiger charge is 2.34. The Hall–Kier alpha value is -0.0800. The van der Waals surface area contributed by atoms with Gasteiger partial charge in [-0.3, -0.25) is 0 Å². The highest BCUT2D eigenvalue weighted by molar-refractivity contribution is 4.85. The number of hydrogen-bond acceptors (Lipinski definition) is 2. The van der Waals surface area contributed by atoms with Gasteiger partial charge in [0.15, 0.2) is 0 Å². The minimum absolute atomic E-state index is 0.0664. The normalized spacial score (nSPS) is 30.5. The second kappa shape index (κ2) is 5.92. The number of ether oxygens (including phenoxy) is 1. The maximum atomic E-state index is 10.1. The smallest absolute Gasteiger partial charge is 0.0598 e. The van der Waals surface area contributed by atoms with Gasteiger partial charge in [-0.2, -0.15) is 0 Å². The molecule has 0 heterocycles. The zero-order chi connectivity index (χ0) is 14.0. The van der Waals surface area contributed by atoms with E-state index in [9.17, 15) is 5.11 Å². The van der Waals surface area contributed by atoms with Crippen LogP contribution in [0.1, 0.15) is 67.2 Å². The van der Waals surface area contributed by atoms with Crippen molar-refractivity contribution < 1.29 is 9.84 Å². The van der Waals surface area contributed by atoms with Crippen molar-refractivity contribution in [3.8, 4) is 0 Å². The first-order valence-electron chi connectivity index (χ1n) is 7.41. The first-order valence-corrected chi connectivity index (χ1v) is 7.41. The van der Waals surface area contributed by atoms with E-state index in [0.717, 1.165) is 31.8 Å².